The van der Waals surface area contributed by atoms with E-state index in [2.05, 4.69) is 10.6 Å². The number of aliphatic carboxylic acids is 1. The smallest absolute Gasteiger partial charge is 0.416 e. The van der Waals surface area contributed by atoms with Gasteiger partial charge in [0.15, 0.2) is 0 Å². The Morgan fingerprint density at radius 2 is 1.56 bits per heavy atom. The first kappa shape index (κ1) is 26.7. The molecule has 0 aromatic heterocycles. The molecule has 3 N–H and O–H groups in total. The number of hydrogen-bond acceptors (Lipinski definition) is 4. The summed E-state index contributed by atoms with van der Waals surface area (Å²) in [6.45, 7) is 3.56. The lowest BCUT2D eigenvalue weighted by atomic mass is 9.98. The van der Waals surface area contributed by atoms with Gasteiger partial charge in [0.1, 0.15) is 18.7 Å². The third-order valence-electron chi connectivity index (χ3n) is 4.89. The molecular weight excluding hydrogens is 453 g/mol. The molecule has 0 aliphatic carbocycles. The molecule has 2 atom stereocenters. The van der Waals surface area contributed by atoms with E-state index in [1.54, 1.807) is 44.2 Å². The van der Waals surface area contributed by atoms with Crippen LogP contribution in [0.5, 0.6) is 0 Å². The first-order chi connectivity index (χ1) is 16.0. The summed E-state index contributed by atoms with van der Waals surface area (Å²) in [4.78, 5) is 36.8. The predicted octanol–water partition coefficient (Wildman–Crippen LogP) is 4.16. The maximum absolute atomic E-state index is 13.3. The molecule has 0 saturated heterocycles. The first-order valence-electron chi connectivity index (χ1n) is 10.6. The van der Waals surface area contributed by atoms with E-state index >= 15 is 0 Å². The fraction of sp³-hybridized carbons (Fsp3) is 0.375. The number of hydrogen-bond donors (Lipinski definition) is 3. The van der Waals surface area contributed by atoms with Crippen molar-refractivity contribution in [3.8, 4) is 0 Å². The minimum absolute atomic E-state index is 0.0331. The molecule has 0 spiro atoms. The van der Waals surface area contributed by atoms with Gasteiger partial charge in [-0.3, -0.25) is 4.79 Å². The third-order valence-corrected chi connectivity index (χ3v) is 4.89. The van der Waals surface area contributed by atoms with Crippen molar-refractivity contribution in [2.75, 3.05) is 0 Å². The zero-order valence-corrected chi connectivity index (χ0v) is 18.8. The maximum Gasteiger partial charge on any atom is 0.416 e. The molecule has 0 aliphatic rings. The van der Waals surface area contributed by atoms with Gasteiger partial charge in [0.2, 0.25) is 5.91 Å². The van der Waals surface area contributed by atoms with Gasteiger partial charge in [-0.05, 0) is 29.5 Å². The summed E-state index contributed by atoms with van der Waals surface area (Å²) in [5.74, 6) is -2.39. The van der Waals surface area contributed by atoms with Crippen molar-refractivity contribution in [3.05, 3.63) is 71.3 Å². The standard InChI is InChI=1S/C24H27F3N2O5/c1-15(2)12-19(29-23(33)34-14-16-8-4-3-5-9-16)21(30)28-20(22(31)32)13-17-10-6-7-11-18(17)24(25,26)27/h3-11,15,19-20H,12-14H2,1-2H3,(H,28,30)(H,29,33)(H,31,32)/t19-,20-/m0/s1. The highest BCUT2D eigenvalue weighted by molar-refractivity contribution is 5.89. The molecule has 0 aliphatic heterocycles. The van der Waals surface area contributed by atoms with Crippen LogP contribution in [0.25, 0.3) is 0 Å². The van der Waals surface area contributed by atoms with Gasteiger partial charge in [0.05, 0.1) is 5.56 Å². The van der Waals surface area contributed by atoms with Gasteiger partial charge in [0.25, 0.3) is 0 Å². The number of nitrogens with one attached hydrogen (secondary N) is 2. The SMILES string of the molecule is CC(C)C[C@H](NC(=O)OCc1ccccc1)C(=O)N[C@@H](Cc1ccccc1C(F)(F)F)C(=O)O. The van der Waals surface area contributed by atoms with Crippen LogP contribution in [0, 0.1) is 5.92 Å². The molecule has 10 heteroatoms. The van der Waals surface area contributed by atoms with Crippen LogP contribution in [0.1, 0.15) is 37.0 Å². The molecule has 0 saturated carbocycles. The number of amides is 2. The number of carbonyl (C=O) groups is 3. The van der Waals surface area contributed by atoms with Crippen molar-refractivity contribution in [2.45, 2.75) is 51.6 Å². The van der Waals surface area contributed by atoms with Crippen LogP contribution in [0.4, 0.5) is 18.0 Å². The Labute approximate surface area is 195 Å². The van der Waals surface area contributed by atoms with E-state index in [1.807, 2.05) is 0 Å². The first-order valence-corrected chi connectivity index (χ1v) is 10.6. The summed E-state index contributed by atoms with van der Waals surface area (Å²) in [7, 11) is 0. The number of benzene rings is 2. The zero-order valence-electron chi connectivity index (χ0n) is 18.8. The Morgan fingerprint density at radius 1 is 0.941 bits per heavy atom. The molecule has 34 heavy (non-hydrogen) atoms. The number of alkyl carbamates (subject to hydrolysis) is 1. The molecule has 0 radical (unpaired) electrons. The second-order valence-electron chi connectivity index (χ2n) is 8.15. The molecule has 7 nitrogen and oxygen atoms in total. The fourth-order valence-corrected chi connectivity index (χ4v) is 3.28. The minimum atomic E-state index is -4.67. The van der Waals surface area contributed by atoms with Crippen molar-refractivity contribution in [1.29, 1.82) is 0 Å². The zero-order chi connectivity index (χ0) is 25.3. The van der Waals surface area contributed by atoms with Crippen LogP contribution in [0.15, 0.2) is 54.6 Å². The highest BCUT2D eigenvalue weighted by Gasteiger charge is 2.35. The topological polar surface area (TPSA) is 105 Å². The summed E-state index contributed by atoms with van der Waals surface area (Å²) in [6, 6.07) is 10.7. The van der Waals surface area contributed by atoms with E-state index in [-0.39, 0.29) is 24.5 Å². The van der Waals surface area contributed by atoms with E-state index in [1.165, 1.54) is 12.1 Å². The van der Waals surface area contributed by atoms with Gasteiger partial charge in [-0.2, -0.15) is 13.2 Å². The van der Waals surface area contributed by atoms with Gasteiger partial charge >= 0.3 is 18.2 Å². The lowest BCUT2D eigenvalue weighted by molar-refractivity contribution is -0.143. The van der Waals surface area contributed by atoms with Crippen molar-refractivity contribution in [1.82, 2.24) is 10.6 Å². The number of alkyl halides is 3. The number of rotatable bonds is 10. The molecule has 0 fully saturated rings. The molecule has 2 aromatic rings. The molecule has 0 heterocycles. The quantitative estimate of drug-likeness (QED) is 0.474. The number of ether oxygens (including phenoxy) is 1. The van der Waals surface area contributed by atoms with Gasteiger partial charge < -0.3 is 20.5 Å². The highest BCUT2D eigenvalue weighted by atomic mass is 19.4. The lowest BCUT2D eigenvalue weighted by Crippen LogP contribution is -2.52. The summed E-state index contributed by atoms with van der Waals surface area (Å²) in [5.41, 5.74) is -0.507. The normalized spacial score (nSPS) is 13.1. The van der Waals surface area contributed by atoms with Crippen LogP contribution in [-0.2, 0) is 33.5 Å². The molecule has 2 aromatic carbocycles. The molecule has 2 amide bonds. The van der Waals surface area contributed by atoms with Crippen LogP contribution in [0.3, 0.4) is 0 Å². The van der Waals surface area contributed by atoms with Crippen LogP contribution in [0.2, 0.25) is 0 Å². The van der Waals surface area contributed by atoms with Gasteiger partial charge in [-0.1, -0.05) is 62.4 Å². The number of carboxylic acids is 1. The summed E-state index contributed by atoms with van der Waals surface area (Å²) in [6.07, 6.45) is -5.96. The Morgan fingerprint density at radius 3 is 2.15 bits per heavy atom. The van der Waals surface area contributed by atoms with Crippen molar-refractivity contribution >= 4 is 18.0 Å². The van der Waals surface area contributed by atoms with Crippen molar-refractivity contribution in [2.24, 2.45) is 5.92 Å². The van der Waals surface area contributed by atoms with Crippen LogP contribution >= 0.6 is 0 Å². The monoisotopic (exact) mass is 480 g/mol. The molecule has 0 bridgehead atoms. The Hall–Kier alpha value is -3.56. The number of carbonyl (C=O) groups excluding carboxylic acids is 2. The third kappa shape index (κ3) is 8.42. The van der Waals surface area contributed by atoms with Gasteiger partial charge in [-0.25, -0.2) is 9.59 Å². The Kier molecular flexibility index (Phi) is 9.47. The van der Waals surface area contributed by atoms with E-state index < -0.39 is 48.2 Å². The summed E-state index contributed by atoms with van der Waals surface area (Å²) in [5, 5.41) is 14.2. The summed E-state index contributed by atoms with van der Waals surface area (Å²) < 4.78 is 44.9. The average molecular weight is 480 g/mol. The van der Waals surface area contributed by atoms with Crippen LogP contribution < -0.4 is 10.6 Å². The fourth-order valence-electron chi connectivity index (χ4n) is 3.28. The average Bonchev–Trinajstić information content (AvgIpc) is 2.76. The lowest BCUT2D eigenvalue weighted by Gasteiger charge is -2.23. The highest BCUT2D eigenvalue weighted by Crippen LogP contribution is 2.32. The predicted molar refractivity (Wildman–Crippen MR) is 118 cm³/mol. The second-order valence-corrected chi connectivity index (χ2v) is 8.15. The van der Waals surface area contributed by atoms with Gasteiger partial charge in [0, 0.05) is 6.42 Å². The Bertz CT molecular complexity index is 980. The second kappa shape index (κ2) is 12.1. The van der Waals surface area contributed by atoms with Crippen molar-refractivity contribution < 1.29 is 37.4 Å². The van der Waals surface area contributed by atoms with E-state index in [0.29, 0.717) is 0 Å². The summed E-state index contributed by atoms with van der Waals surface area (Å²) >= 11 is 0. The minimum Gasteiger partial charge on any atom is -0.480 e. The molecule has 2 rings (SSSR count). The van der Waals surface area contributed by atoms with Crippen LogP contribution in [-0.4, -0.2) is 35.2 Å². The van der Waals surface area contributed by atoms with E-state index in [9.17, 15) is 32.7 Å². The largest absolute Gasteiger partial charge is 0.480 e. The number of halogens is 3. The van der Waals surface area contributed by atoms with Crippen molar-refractivity contribution in [3.63, 3.8) is 0 Å². The van der Waals surface area contributed by atoms with Gasteiger partial charge in [-0.15, -0.1) is 0 Å². The van der Waals surface area contributed by atoms with E-state index in [4.69, 9.17) is 4.74 Å². The van der Waals surface area contributed by atoms with E-state index in [0.717, 1.165) is 17.7 Å². The molecule has 184 valence electrons. The maximum atomic E-state index is 13.3. The Balaban J connectivity index is 2.09. The molecule has 0 unspecified atom stereocenters. The number of carboxylic acid groups (broad SMARTS) is 1. The molecular formula is C24H27F3N2O5.